The number of piperidine rings is 1. The molecule has 3 aliphatic rings. The number of amides is 1. The maximum atomic E-state index is 12.9. The SMILES string of the molecule is COc1ccc(OC(F)(F)F)c(Sc2nc3c(N)ncn(CCC4CCN(C=O)CC4)c-3n2)c1. The highest BCUT2D eigenvalue weighted by atomic mass is 32.2. The van der Waals surface area contributed by atoms with E-state index in [1.165, 1.54) is 25.3 Å². The van der Waals surface area contributed by atoms with E-state index < -0.39 is 6.36 Å². The molecule has 182 valence electrons. The summed E-state index contributed by atoms with van der Waals surface area (Å²) in [6.45, 7) is 2.11. The number of aryl methyl sites for hydroxylation is 1. The molecule has 3 aliphatic heterocycles. The van der Waals surface area contributed by atoms with Crippen LogP contribution in [0.2, 0.25) is 0 Å². The van der Waals surface area contributed by atoms with Crippen LogP contribution in [0.3, 0.4) is 0 Å². The number of anilines is 1. The molecule has 0 unspecified atom stereocenters. The molecular formula is C21H23F3N6O3S. The minimum absolute atomic E-state index is 0.145. The van der Waals surface area contributed by atoms with E-state index in [0.29, 0.717) is 29.7 Å². The number of aromatic nitrogens is 4. The first-order chi connectivity index (χ1) is 16.3. The molecule has 13 heteroatoms. The Morgan fingerprint density at radius 2 is 2.03 bits per heavy atom. The summed E-state index contributed by atoms with van der Waals surface area (Å²) in [4.78, 5) is 25.9. The number of fused-ring (bicyclic) bond motifs is 1. The molecule has 1 fully saturated rings. The Morgan fingerprint density at radius 1 is 1.26 bits per heavy atom. The zero-order valence-corrected chi connectivity index (χ0v) is 19.1. The summed E-state index contributed by atoms with van der Waals surface area (Å²) in [5.41, 5.74) is 6.37. The van der Waals surface area contributed by atoms with Crippen molar-refractivity contribution in [3.8, 4) is 23.0 Å². The van der Waals surface area contributed by atoms with Crippen molar-refractivity contribution < 1.29 is 27.4 Å². The average molecular weight is 497 g/mol. The van der Waals surface area contributed by atoms with Crippen LogP contribution in [0.4, 0.5) is 19.0 Å². The molecule has 0 bridgehead atoms. The second-order valence-corrected chi connectivity index (χ2v) is 8.85. The Balaban J connectivity index is 1.55. The normalized spacial score (nSPS) is 15.0. The number of nitrogens with two attached hydrogens (primary N) is 1. The lowest BCUT2D eigenvalue weighted by Crippen LogP contribution is -2.32. The Bertz CT molecular complexity index is 1120. The van der Waals surface area contributed by atoms with Crippen molar-refractivity contribution in [3.05, 3.63) is 24.5 Å². The number of hydrogen-bond donors (Lipinski definition) is 1. The van der Waals surface area contributed by atoms with E-state index in [0.717, 1.165) is 50.5 Å². The number of benzene rings is 1. The summed E-state index contributed by atoms with van der Waals surface area (Å²) in [7, 11) is 1.42. The number of nitrogens with zero attached hydrogens (tertiary/aromatic N) is 5. The fraction of sp³-hybridized carbons (Fsp3) is 0.429. The third kappa shape index (κ3) is 5.64. The second kappa shape index (κ2) is 9.95. The number of carbonyl (C=O) groups excluding carboxylic acids is 1. The van der Waals surface area contributed by atoms with Gasteiger partial charge in [-0.1, -0.05) is 0 Å². The predicted molar refractivity (Wildman–Crippen MR) is 118 cm³/mol. The number of likely N-dealkylation sites (tertiary alicyclic amines) is 1. The smallest absolute Gasteiger partial charge is 0.497 e. The van der Waals surface area contributed by atoms with Gasteiger partial charge in [0.15, 0.2) is 22.5 Å². The first-order valence-electron chi connectivity index (χ1n) is 10.5. The molecule has 0 aromatic heterocycles. The van der Waals surface area contributed by atoms with E-state index in [4.69, 9.17) is 10.5 Å². The zero-order chi connectivity index (χ0) is 24.3. The fourth-order valence-electron chi connectivity index (χ4n) is 3.81. The van der Waals surface area contributed by atoms with Crippen molar-refractivity contribution in [1.29, 1.82) is 0 Å². The highest BCUT2D eigenvalue weighted by Crippen LogP contribution is 2.40. The van der Waals surface area contributed by atoms with Crippen molar-refractivity contribution in [2.24, 2.45) is 5.92 Å². The number of methoxy groups -OCH3 is 1. The van der Waals surface area contributed by atoms with Crippen LogP contribution in [-0.2, 0) is 11.3 Å². The maximum Gasteiger partial charge on any atom is 0.573 e. The number of alkyl halides is 3. The summed E-state index contributed by atoms with van der Waals surface area (Å²) >= 11 is 0.914. The molecule has 3 heterocycles. The van der Waals surface area contributed by atoms with Crippen LogP contribution in [0.1, 0.15) is 19.3 Å². The highest BCUT2D eigenvalue weighted by Gasteiger charge is 2.33. The van der Waals surface area contributed by atoms with Gasteiger partial charge in [-0.15, -0.1) is 13.2 Å². The van der Waals surface area contributed by atoms with Gasteiger partial charge in [0.25, 0.3) is 0 Å². The first kappa shape index (κ1) is 23.9. The van der Waals surface area contributed by atoms with Crippen LogP contribution in [0, 0.1) is 5.92 Å². The molecule has 2 N–H and O–H groups in total. The van der Waals surface area contributed by atoms with Crippen molar-refractivity contribution in [2.45, 2.75) is 42.2 Å². The van der Waals surface area contributed by atoms with Gasteiger partial charge >= 0.3 is 6.36 Å². The minimum Gasteiger partial charge on any atom is -0.497 e. The molecule has 0 aliphatic carbocycles. The Hall–Kier alpha value is -3.22. The molecule has 0 saturated carbocycles. The van der Waals surface area contributed by atoms with Gasteiger partial charge in [0.2, 0.25) is 6.41 Å². The summed E-state index contributed by atoms with van der Waals surface area (Å²) in [5, 5.41) is 0.211. The second-order valence-electron chi connectivity index (χ2n) is 7.84. The number of rotatable bonds is 8. The van der Waals surface area contributed by atoms with E-state index in [1.807, 2.05) is 4.57 Å². The molecule has 1 aromatic rings. The lowest BCUT2D eigenvalue weighted by atomic mass is 9.94. The topological polar surface area (TPSA) is 108 Å². The summed E-state index contributed by atoms with van der Waals surface area (Å²) in [5.74, 6) is 1.13. The molecule has 9 nitrogen and oxygen atoms in total. The van der Waals surface area contributed by atoms with Crippen LogP contribution < -0.4 is 15.2 Å². The van der Waals surface area contributed by atoms with Gasteiger partial charge < -0.3 is 24.7 Å². The first-order valence-corrected chi connectivity index (χ1v) is 11.4. The molecule has 0 atom stereocenters. The lowest BCUT2D eigenvalue weighted by molar-refractivity contribution is -0.275. The van der Waals surface area contributed by atoms with E-state index in [2.05, 4.69) is 19.7 Å². The van der Waals surface area contributed by atoms with Crippen molar-refractivity contribution in [3.63, 3.8) is 0 Å². The van der Waals surface area contributed by atoms with Gasteiger partial charge in [0, 0.05) is 19.6 Å². The van der Waals surface area contributed by atoms with Gasteiger partial charge in [-0.25, -0.2) is 15.0 Å². The number of ether oxygens (including phenoxy) is 2. The summed E-state index contributed by atoms with van der Waals surface area (Å²) in [6.07, 6.45) is 0.343. The van der Waals surface area contributed by atoms with Crippen LogP contribution in [0.5, 0.6) is 11.5 Å². The molecule has 0 spiro atoms. The quantitative estimate of drug-likeness (QED) is 0.471. The van der Waals surface area contributed by atoms with E-state index in [-0.39, 0.29) is 21.6 Å². The standard InChI is InChI=1S/C21H23F3N6O3S/c1-32-14-2-3-15(33-21(22,23)24)16(10-14)34-20-27-17-18(25)26-11-30(19(17)28-20)9-6-13-4-7-29(12-31)8-5-13/h2-3,10-13H,4-9,25H2,1H3. The molecule has 34 heavy (non-hydrogen) atoms. The summed E-state index contributed by atoms with van der Waals surface area (Å²) in [6, 6.07) is 3.99. The van der Waals surface area contributed by atoms with E-state index in [9.17, 15) is 18.0 Å². The summed E-state index contributed by atoms with van der Waals surface area (Å²) < 4.78 is 49.7. The van der Waals surface area contributed by atoms with Crippen molar-refractivity contribution >= 4 is 24.0 Å². The Labute approximate surface area is 197 Å². The van der Waals surface area contributed by atoms with Crippen LogP contribution in [-0.4, -0.2) is 57.4 Å². The van der Waals surface area contributed by atoms with Gasteiger partial charge in [-0.2, -0.15) is 0 Å². The van der Waals surface area contributed by atoms with E-state index in [1.54, 1.807) is 11.2 Å². The monoisotopic (exact) mass is 496 g/mol. The number of imidazole rings is 1. The molecule has 1 saturated heterocycles. The fourth-order valence-corrected chi connectivity index (χ4v) is 4.67. The van der Waals surface area contributed by atoms with Gasteiger partial charge in [-0.3, -0.25) is 4.79 Å². The molecule has 4 rings (SSSR count). The Kier molecular flexibility index (Phi) is 7.00. The van der Waals surface area contributed by atoms with Crippen molar-refractivity contribution in [2.75, 3.05) is 25.9 Å². The minimum atomic E-state index is -4.85. The largest absolute Gasteiger partial charge is 0.573 e. The molecule has 0 radical (unpaired) electrons. The zero-order valence-electron chi connectivity index (χ0n) is 18.3. The van der Waals surface area contributed by atoms with Gasteiger partial charge in [0.05, 0.1) is 18.3 Å². The highest BCUT2D eigenvalue weighted by molar-refractivity contribution is 7.99. The molecular weight excluding hydrogens is 473 g/mol. The number of carbonyl (C=O) groups is 1. The van der Waals surface area contributed by atoms with E-state index >= 15 is 0 Å². The maximum absolute atomic E-state index is 12.9. The van der Waals surface area contributed by atoms with Crippen LogP contribution in [0.15, 0.2) is 34.6 Å². The number of halogens is 3. The molecule has 1 aromatic carbocycles. The molecule has 1 amide bonds. The van der Waals surface area contributed by atoms with Crippen LogP contribution in [0.25, 0.3) is 11.5 Å². The lowest BCUT2D eigenvalue weighted by Gasteiger charge is -2.29. The third-order valence-electron chi connectivity index (χ3n) is 5.63. The Morgan fingerprint density at radius 3 is 2.71 bits per heavy atom. The van der Waals surface area contributed by atoms with Gasteiger partial charge in [0.1, 0.15) is 11.5 Å². The van der Waals surface area contributed by atoms with Crippen molar-refractivity contribution in [1.82, 2.24) is 24.4 Å². The third-order valence-corrected chi connectivity index (χ3v) is 6.53. The average Bonchev–Trinajstić information content (AvgIpc) is 3.24. The predicted octanol–water partition coefficient (Wildman–Crippen LogP) is 3.68. The van der Waals surface area contributed by atoms with Crippen LogP contribution >= 0.6 is 11.8 Å². The number of nitrogen functional groups attached to an aromatic ring is 1. The number of hydrogen-bond acceptors (Lipinski definition) is 8. The van der Waals surface area contributed by atoms with Gasteiger partial charge in [-0.05, 0) is 55.1 Å².